The van der Waals surface area contributed by atoms with Crippen LogP contribution in [0.2, 0.25) is 0 Å². The summed E-state index contributed by atoms with van der Waals surface area (Å²) in [5, 5.41) is 16.4. The van der Waals surface area contributed by atoms with Crippen molar-refractivity contribution in [3.05, 3.63) is 36.5 Å². The van der Waals surface area contributed by atoms with E-state index in [4.69, 9.17) is 0 Å². The minimum Gasteiger partial charge on any atom is -0.386 e. The predicted octanol–water partition coefficient (Wildman–Crippen LogP) is 1.11. The van der Waals surface area contributed by atoms with Gasteiger partial charge in [0.25, 0.3) is 0 Å². The molecule has 0 aromatic heterocycles. The Hall–Kier alpha value is -2.05. The van der Waals surface area contributed by atoms with Gasteiger partial charge in [0.15, 0.2) is 0 Å². The Morgan fingerprint density at radius 1 is 1.29 bits per heavy atom. The van der Waals surface area contributed by atoms with Crippen molar-refractivity contribution in [2.75, 3.05) is 50.5 Å². The van der Waals surface area contributed by atoms with E-state index in [1.54, 1.807) is 25.9 Å². The SMILES string of the molecule is C=C(C(O)C(C)C(=O)Nc1ccc(N2CCNCC2)cc1)N(C)C. The number of carbonyl (C=O) groups is 1. The highest BCUT2D eigenvalue weighted by Gasteiger charge is 2.25. The quantitative estimate of drug-likeness (QED) is 0.728. The van der Waals surface area contributed by atoms with Crippen LogP contribution in [0.25, 0.3) is 0 Å². The number of benzene rings is 1. The average molecular weight is 332 g/mol. The van der Waals surface area contributed by atoms with Gasteiger partial charge in [-0.2, -0.15) is 0 Å². The van der Waals surface area contributed by atoms with Crippen LogP contribution in [0, 0.1) is 5.92 Å². The minimum atomic E-state index is -0.903. The van der Waals surface area contributed by atoms with Crippen LogP contribution in [0.3, 0.4) is 0 Å². The lowest BCUT2D eigenvalue weighted by atomic mass is 10.0. The molecule has 0 aliphatic carbocycles. The highest BCUT2D eigenvalue weighted by molar-refractivity contribution is 5.93. The smallest absolute Gasteiger partial charge is 0.230 e. The van der Waals surface area contributed by atoms with Crippen LogP contribution in [0.5, 0.6) is 0 Å². The van der Waals surface area contributed by atoms with Gasteiger partial charge in [-0.15, -0.1) is 0 Å². The Balaban J connectivity index is 1.95. The molecule has 1 heterocycles. The molecule has 1 fully saturated rings. The number of rotatable bonds is 6. The van der Waals surface area contributed by atoms with E-state index < -0.39 is 12.0 Å². The predicted molar refractivity (Wildman–Crippen MR) is 98.2 cm³/mol. The fourth-order valence-corrected chi connectivity index (χ4v) is 2.63. The Labute approximate surface area is 144 Å². The van der Waals surface area contributed by atoms with Crippen molar-refractivity contribution in [1.29, 1.82) is 0 Å². The van der Waals surface area contributed by atoms with Crippen molar-refractivity contribution in [2.45, 2.75) is 13.0 Å². The maximum Gasteiger partial charge on any atom is 0.230 e. The highest BCUT2D eigenvalue weighted by Crippen LogP contribution is 2.20. The van der Waals surface area contributed by atoms with Gasteiger partial charge < -0.3 is 25.5 Å². The van der Waals surface area contributed by atoms with E-state index in [0.717, 1.165) is 37.6 Å². The van der Waals surface area contributed by atoms with E-state index in [1.807, 2.05) is 24.3 Å². The van der Waals surface area contributed by atoms with E-state index in [2.05, 4.69) is 22.1 Å². The first-order valence-corrected chi connectivity index (χ1v) is 8.31. The maximum atomic E-state index is 12.3. The van der Waals surface area contributed by atoms with Gasteiger partial charge in [0.1, 0.15) is 6.10 Å². The number of nitrogens with one attached hydrogen (secondary N) is 2. The molecular formula is C18H28N4O2. The molecule has 24 heavy (non-hydrogen) atoms. The molecule has 1 saturated heterocycles. The molecule has 6 nitrogen and oxygen atoms in total. The van der Waals surface area contributed by atoms with Crippen LogP contribution in [-0.2, 0) is 4.79 Å². The van der Waals surface area contributed by atoms with Crippen molar-refractivity contribution >= 4 is 17.3 Å². The third-order valence-electron chi connectivity index (χ3n) is 4.42. The summed E-state index contributed by atoms with van der Waals surface area (Å²) in [5.41, 5.74) is 2.41. The standard InChI is InChI=1S/C18H28N4O2/c1-13(17(23)14(2)21(3)4)18(24)20-15-5-7-16(8-6-15)22-11-9-19-10-12-22/h5-8,13,17,19,23H,2,9-12H2,1,3-4H3,(H,20,24). The molecule has 3 N–H and O–H groups in total. The van der Waals surface area contributed by atoms with Crippen molar-refractivity contribution < 1.29 is 9.90 Å². The number of piperazine rings is 1. The molecular weight excluding hydrogens is 304 g/mol. The number of hydrogen-bond donors (Lipinski definition) is 3. The number of likely N-dealkylation sites (N-methyl/N-ethyl adjacent to an activating group) is 1. The summed E-state index contributed by atoms with van der Waals surface area (Å²) in [5.74, 6) is -0.798. The summed E-state index contributed by atoms with van der Waals surface area (Å²) in [6, 6.07) is 7.83. The molecule has 2 atom stereocenters. The monoisotopic (exact) mass is 332 g/mol. The van der Waals surface area contributed by atoms with Crippen LogP contribution in [-0.4, -0.2) is 62.3 Å². The molecule has 1 aromatic rings. The lowest BCUT2D eigenvalue weighted by Gasteiger charge is -2.29. The molecule has 1 aliphatic rings. The van der Waals surface area contributed by atoms with Crippen LogP contribution in [0.4, 0.5) is 11.4 Å². The molecule has 2 rings (SSSR count). The summed E-state index contributed by atoms with van der Waals surface area (Å²) in [6.45, 7) is 9.47. The fourth-order valence-electron chi connectivity index (χ4n) is 2.63. The highest BCUT2D eigenvalue weighted by atomic mass is 16.3. The second-order valence-electron chi connectivity index (χ2n) is 6.39. The molecule has 0 bridgehead atoms. The maximum absolute atomic E-state index is 12.3. The number of amides is 1. The topological polar surface area (TPSA) is 67.8 Å². The van der Waals surface area contributed by atoms with Crippen LogP contribution < -0.4 is 15.5 Å². The average Bonchev–Trinajstić information content (AvgIpc) is 2.61. The largest absolute Gasteiger partial charge is 0.386 e. The van der Waals surface area contributed by atoms with E-state index in [9.17, 15) is 9.90 Å². The minimum absolute atomic E-state index is 0.222. The van der Waals surface area contributed by atoms with Gasteiger partial charge in [-0.25, -0.2) is 0 Å². The van der Waals surface area contributed by atoms with Gasteiger partial charge in [0, 0.05) is 57.3 Å². The molecule has 1 amide bonds. The van der Waals surface area contributed by atoms with E-state index in [0.29, 0.717) is 5.70 Å². The van der Waals surface area contributed by atoms with Crippen molar-refractivity contribution in [3.63, 3.8) is 0 Å². The fraction of sp³-hybridized carbons (Fsp3) is 0.500. The van der Waals surface area contributed by atoms with Crippen molar-refractivity contribution in [3.8, 4) is 0 Å². The van der Waals surface area contributed by atoms with Crippen molar-refractivity contribution in [1.82, 2.24) is 10.2 Å². The number of aliphatic hydroxyl groups excluding tert-OH is 1. The number of carbonyl (C=O) groups excluding carboxylic acids is 1. The Morgan fingerprint density at radius 3 is 2.42 bits per heavy atom. The van der Waals surface area contributed by atoms with Gasteiger partial charge in [0.05, 0.1) is 5.92 Å². The zero-order chi connectivity index (χ0) is 17.7. The van der Waals surface area contributed by atoms with E-state index >= 15 is 0 Å². The molecule has 0 spiro atoms. The van der Waals surface area contributed by atoms with Gasteiger partial charge in [-0.1, -0.05) is 13.5 Å². The molecule has 0 saturated carbocycles. The second-order valence-corrected chi connectivity index (χ2v) is 6.39. The third kappa shape index (κ3) is 4.49. The van der Waals surface area contributed by atoms with Gasteiger partial charge in [0.2, 0.25) is 5.91 Å². The Kier molecular flexibility index (Phi) is 6.23. The number of anilines is 2. The first-order chi connectivity index (χ1) is 11.4. The molecule has 1 aromatic carbocycles. The normalized spacial score (nSPS) is 17.1. The van der Waals surface area contributed by atoms with Gasteiger partial charge >= 0.3 is 0 Å². The van der Waals surface area contributed by atoms with Crippen LogP contribution >= 0.6 is 0 Å². The first kappa shape index (κ1) is 18.3. The van der Waals surface area contributed by atoms with Crippen molar-refractivity contribution in [2.24, 2.45) is 5.92 Å². The number of aliphatic hydroxyl groups is 1. The zero-order valence-electron chi connectivity index (χ0n) is 14.7. The number of hydrogen-bond acceptors (Lipinski definition) is 5. The molecule has 1 aliphatic heterocycles. The Morgan fingerprint density at radius 2 is 1.88 bits per heavy atom. The van der Waals surface area contributed by atoms with Crippen LogP contribution in [0.1, 0.15) is 6.92 Å². The molecule has 6 heteroatoms. The summed E-state index contributed by atoms with van der Waals surface area (Å²) >= 11 is 0. The third-order valence-corrected chi connectivity index (χ3v) is 4.42. The zero-order valence-corrected chi connectivity index (χ0v) is 14.7. The molecule has 2 unspecified atom stereocenters. The summed E-state index contributed by atoms with van der Waals surface area (Å²) in [6.07, 6.45) is -0.903. The molecule has 0 radical (unpaired) electrons. The lowest BCUT2D eigenvalue weighted by molar-refractivity contribution is -0.122. The summed E-state index contributed by atoms with van der Waals surface area (Å²) < 4.78 is 0. The van der Waals surface area contributed by atoms with Gasteiger partial charge in [-0.3, -0.25) is 4.79 Å². The van der Waals surface area contributed by atoms with E-state index in [1.165, 1.54) is 0 Å². The summed E-state index contributed by atoms with van der Waals surface area (Å²) in [4.78, 5) is 16.4. The Bertz CT molecular complexity index is 565. The second kappa shape index (κ2) is 8.17. The first-order valence-electron chi connectivity index (χ1n) is 8.31. The molecule has 132 valence electrons. The van der Waals surface area contributed by atoms with Crippen LogP contribution in [0.15, 0.2) is 36.5 Å². The van der Waals surface area contributed by atoms with Gasteiger partial charge in [-0.05, 0) is 24.3 Å². The lowest BCUT2D eigenvalue weighted by Crippen LogP contribution is -2.43. The number of nitrogens with zero attached hydrogens (tertiary/aromatic N) is 2. The summed E-state index contributed by atoms with van der Waals surface area (Å²) in [7, 11) is 3.59. The van der Waals surface area contributed by atoms with E-state index in [-0.39, 0.29) is 5.91 Å².